The van der Waals surface area contributed by atoms with Crippen LogP contribution in [-0.4, -0.2) is 78.7 Å². The zero-order valence-electron chi connectivity index (χ0n) is 24.8. The van der Waals surface area contributed by atoms with Crippen LogP contribution < -0.4 is 10.6 Å². The lowest BCUT2D eigenvalue weighted by molar-refractivity contribution is -0.146. The number of carbonyl (C=O) groups excluding carboxylic acids is 3. The number of aliphatic carboxylic acids is 1. The second-order valence-corrected chi connectivity index (χ2v) is 15.9. The molecule has 8 atom stereocenters. The van der Waals surface area contributed by atoms with Crippen molar-refractivity contribution in [1.82, 2.24) is 15.5 Å². The van der Waals surface area contributed by atoms with Crippen molar-refractivity contribution in [3.63, 3.8) is 0 Å². The van der Waals surface area contributed by atoms with Crippen molar-refractivity contribution in [1.29, 1.82) is 0 Å². The van der Waals surface area contributed by atoms with Gasteiger partial charge in [0.25, 0.3) is 10.1 Å². The molecule has 44 heavy (non-hydrogen) atoms. The molecular formula is C30H38BrN3O9S. The van der Waals surface area contributed by atoms with E-state index in [4.69, 9.17) is 8.92 Å². The first kappa shape index (κ1) is 32.4. The third-order valence-corrected chi connectivity index (χ3v) is 11.0. The molecule has 1 aromatic carbocycles. The number of carboxylic acids is 1. The molecule has 4 aliphatic rings. The zero-order valence-corrected chi connectivity index (χ0v) is 27.2. The summed E-state index contributed by atoms with van der Waals surface area (Å²) in [4.78, 5) is 53.8. The van der Waals surface area contributed by atoms with Crippen LogP contribution in [0.25, 0.3) is 0 Å². The third-order valence-electron chi connectivity index (χ3n) is 9.09. The lowest BCUT2D eigenvalue weighted by Gasteiger charge is -2.35. The summed E-state index contributed by atoms with van der Waals surface area (Å²) in [6.45, 7) is 8.59. The summed E-state index contributed by atoms with van der Waals surface area (Å²) in [6, 6.07) is 3.40. The summed E-state index contributed by atoms with van der Waals surface area (Å²) in [5, 5.41) is 15.1. The Bertz CT molecular complexity index is 1450. The number of likely N-dealkylation sites (tertiary alicyclic amines) is 1. The predicted octanol–water partition coefficient (Wildman–Crippen LogP) is 3.21. The number of fused-ring (bicyclic) bond motifs is 1. The predicted molar refractivity (Wildman–Crippen MR) is 161 cm³/mol. The molecule has 5 rings (SSSR count). The number of nitrogens with zero attached hydrogens (tertiary/aromatic N) is 1. The smallest absolute Gasteiger partial charge is 0.408 e. The summed E-state index contributed by atoms with van der Waals surface area (Å²) >= 11 is 3.26. The summed E-state index contributed by atoms with van der Waals surface area (Å²) in [5.74, 6) is -1.97. The Kier molecular flexibility index (Phi) is 8.66. The number of ether oxygens (including phenoxy) is 1. The van der Waals surface area contributed by atoms with E-state index in [2.05, 4.69) is 33.1 Å². The summed E-state index contributed by atoms with van der Waals surface area (Å²) < 4.78 is 38.0. The molecule has 0 bridgehead atoms. The molecule has 3 saturated carbocycles. The molecular weight excluding hydrogens is 658 g/mol. The lowest BCUT2D eigenvalue weighted by atomic mass is 9.85. The van der Waals surface area contributed by atoms with Gasteiger partial charge in [0, 0.05) is 23.4 Å². The van der Waals surface area contributed by atoms with Gasteiger partial charge in [0.05, 0.1) is 11.0 Å². The molecule has 12 nitrogen and oxygen atoms in total. The van der Waals surface area contributed by atoms with E-state index in [1.165, 1.54) is 23.1 Å². The molecule has 1 aliphatic heterocycles. The average molecular weight is 697 g/mol. The van der Waals surface area contributed by atoms with E-state index in [1.807, 2.05) is 0 Å². The normalized spacial score (nSPS) is 31.4. The van der Waals surface area contributed by atoms with Gasteiger partial charge in [-0.15, -0.1) is 6.58 Å². The largest absolute Gasteiger partial charge is 0.479 e. The molecule has 0 radical (unpaired) electrons. The molecule has 0 aromatic heterocycles. The Morgan fingerprint density at radius 3 is 2.27 bits per heavy atom. The van der Waals surface area contributed by atoms with Gasteiger partial charge in [0.2, 0.25) is 11.8 Å². The zero-order chi connectivity index (χ0) is 32.2. The van der Waals surface area contributed by atoms with Crippen LogP contribution in [0.5, 0.6) is 0 Å². The highest BCUT2D eigenvalue weighted by atomic mass is 79.9. The fourth-order valence-electron chi connectivity index (χ4n) is 6.39. The van der Waals surface area contributed by atoms with Crippen LogP contribution in [-0.2, 0) is 33.4 Å². The lowest BCUT2D eigenvalue weighted by Crippen LogP contribution is -2.59. The number of benzene rings is 1. The minimum Gasteiger partial charge on any atom is -0.479 e. The molecule has 4 fully saturated rings. The van der Waals surface area contributed by atoms with Crippen LogP contribution in [0.2, 0.25) is 0 Å². The number of hydrogen-bond donors (Lipinski definition) is 3. The number of alkyl carbamates (subject to hydrolysis) is 1. The van der Waals surface area contributed by atoms with E-state index in [0.717, 1.165) is 19.3 Å². The van der Waals surface area contributed by atoms with Gasteiger partial charge in [-0.2, -0.15) is 8.42 Å². The minimum atomic E-state index is -4.28. The number of amides is 3. The molecule has 3 aliphatic carbocycles. The van der Waals surface area contributed by atoms with Crippen molar-refractivity contribution in [3.8, 4) is 0 Å². The van der Waals surface area contributed by atoms with Crippen LogP contribution in [0.15, 0.2) is 46.3 Å². The summed E-state index contributed by atoms with van der Waals surface area (Å²) in [7, 11) is -4.28. The topological polar surface area (TPSA) is 168 Å². The van der Waals surface area contributed by atoms with Gasteiger partial charge in [-0.05, 0) is 67.2 Å². The van der Waals surface area contributed by atoms with Gasteiger partial charge >= 0.3 is 12.1 Å². The molecule has 1 saturated heterocycles. The number of rotatable bonds is 10. The Morgan fingerprint density at radius 2 is 1.73 bits per heavy atom. The average Bonchev–Trinajstić information content (AvgIpc) is 3.75. The van der Waals surface area contributed by atoms with Crippen LogP contribution >= 0.6 is 15.9 Å². The van der Waals surface area contributed by atoms with E-state index < -0.39 is 69.1 Å². The molecule has 2 unspecified atom stereocenters. The molecule has 240 valence electrons. The molecule has 3 amide bonds. The van der Waals surface area contributed by atoms with Gasteiger partial charge in [-0.25, -0.2) is 9.59 Å². The Morgan fingerprint density at radius 1 is 1.09 bits per heavy atom. The first-order valence-corrected chi connectivity index (χ1v) is 16.9. The molecule has 1 aromatic rings. The fraction of sp³-hybridized carbons (Fsp3) is 0.600. The van der Waals surface area contributed by atoms with E-state index >= 15 is 0 Å². The van der Waals surface area contributed by atoms with Gasteiger partial charge in [0.15, 0.2) is 0 Å². The molecule has 3 N–H and O–H groups in total. The van der Waals surface area contributed by atoms with Crippen LogP contribution in [0.4, 0.5) is 4.79 Å². The standard InChI is InChI=1S/C30H38BrN3O9S/c1-5-18-14-30(18,27(37)38)33-25(35)23-13-21(43-44(40,41)22-8-6-19(31)7-9-22)15-34(23)26(36)24(29(2,3)4)32-28(39)42-20-11-16-10-17(16)12-20/h5-9,16-18,20-21,23-24H,1,10-15H2,2-4H3,(H,32,39)(H,33,35)(H,37,38)/t16-,17+,18-,20?,21+,23+,24?,30-/m1/s1. The maximum atomic E-state index is 14.1. The second kappa shape index (κ2) is 11.8. The molecule has 14 heteroatoms. The van der Waals surface area contributed by atoms with Gasteiger partial charge in [-0.3, -0.25) is 13.8 Å². The van der Waals surface area contributed by atoms with Gasteiger partial charge < -0.3 is 25.4 Å². The maximum absolute atomic E-state index is 14.1. The minimum absolute atomic E-state index is 0.107. The molecule has 0 spiro atoms. The maximum Gasteiger partial charge on any atom is 0.408 e. The first-order chi connectivity index (χ1) is 20.5. The Balaban J connectivity index is 1.37. The van der Waals surface area contributed by atoms with Crippen molar-refractivity contribution in [2.24, 2.45) is 23.2 Å². The van der Waals surface area contributed by atoms with Crippen molar-refractivity contribution in [2.45, 2.75) is 87.6 Å². The number of nitrogens with one attached hydrogen (secondary N) is 2. The van der Waals surface area contributed by atoms with E-state index in [0.29, 0.717) is 16.3 Å². The summed E-state index contributed by atoms with van der Waals surface area (Å²) in [6.07, 6.45) is 2.04. The van der Waals surface area contributed by atoms with Crippen LogP contribution in [0.1, 0.15) is 52.9 Å². The number of halogens is 1. The number of carbonyl (C=O) groups is 4. The third kappa shape index (κ3) is 6.66. The van der Waals surface area contributed by atoms with Crippen molar-refractivity contribution >= 4 is 49.9 Å². The number of carboxylic acid groups (broad SMARTS) is 1. The Labute approximate surface area is 265 Å². The monoisotopic (exact) mass is 695 g/mol. The highest BCUT2D eigenvalue weighted by molar-refractivity contribution is 9.10. The Hall–Kier alpha value is -2.97. The number of hydrogen-bond acceptors (Lipinski definition) is 8. The highest BCUT2D eigenvalue weighted by Crippen LogP contribution is 2.52. The quantitative estimate of drug-likeness (QED) is 0.246. The van der Waals surface area contributed by atoms with Gasteiger partial charge in [0.1, 0.15) is 23.7 Å². The van der Waals surface area contributed by atoms with Crippen molar-refractivity contribution < 1.29 is 41.6 Å². The second-order valence-electron chi connectivity index (χ2n) is 13.4. The first-order valence-electron chi connectivity index (χ1n) is 14.7. The highest BCUT2D eigenvalue weighted by Gasteiger charge is 2.61. The summed E-state index contributed by atoms with van der Waals surface area (Å²) in [5.41, 5.74) is -2.40. The molecule has 1 heterocycles. The van der Waals surface area contributed by atoms with Crippen molar-refractivity contribution in [2.75, 3.05) is 6.54 Å². The van der Waals surface area contributed by atoms with Crippen molar-refractivity contribution in [3.05, 3.63) is 41.4 Å². The SMILES string of the molecule is C=C[C@@H]1C[C@]1(NC(=O)[C@@H]1C[C@H](OS(=O)(=O)c2ccc(Br)cc2)CN1C(=O)C(NC(=O)OC1C[C@@H]2C[C@@H]2C1)C(C)(C)C)C(=O)O. The van der Waals surface area contributed by atoms with Crippen LogP contribution in [0.3, 0.4) is 0 Å². The fourth-order valence-corrected chi connectivity index (χ4v) is 7.73. The van der Waals surface area contributed by atoms with E-state index in [-0.39, 0.29) is 30.4 Å². The van der Waals surface area contributed by atoms with E-state index in [9.17, 15) is 32.7 Å². The van der Waals surface area contributed by atoms with Gasteiger partial charge in [-0.1, -0.05) is 42.8 Å². The van der Waals surface area contributed by atoms with E-state index in [1.54, 1.807) is 32.9 Å². The van der Waals surface area contributed by atoms with Crippen LogP contribution in [0, 0.1) is 23.2 Å².